The molecule has 0 amide bonds. The number of benzene rings is 2. The summed E-state index contributed by atoms with van der Waals surface area (Å²) in [4.78, 5) is 8.90. The van der Waals surface area contributed by atoms with E-state index in [9.17, 15) is 0 Å². The van der Waals surface area contributed by atoms with Crippen LogP contribution in [-0.4, -0.2) is 30.2 Å². The highest BCUT2D eigenvalue weighted by atomic mass is 79.9. The van der Waals surface area contributed by atoms with Crippen LogP contribution in [0.25, 0.3) is 10.9 Å². The van der Waals surface area contributed by atoms with Gasteiger partial charge in [-0.15, -0.1) is 0 Å². The van der Waals surface area contributed by atoms with Crippen molar-refractivity contribution in [2.24, 2.45) is 0 Å². The van der Waals surface area contributed by atoms with Crippen LogP contribution in [0, 0.1) is 0 Å². The van der Waals surface area contributed by atoms with E-state index in [4.69, 9.17) is 9.47 Å². The smallest absolute Gasteiger partial charge is 0.137 e. The Hall–Kier alpha value is -2.34. The first-order valence-corrected chi connectivity index (χ1v) is 9.88. The second-order valence-corrected chi connectivity index (χ2v) is 7.65. The molecule has 3 aromatic rings. The summed E-state index contributed by atoms with van der Waals surface area (Å²) in [6, 6.07) is 10.7. The highest BCUT2D eigenvalue weighted by Gasteiger charge is 2.19. The Morgan fingerprint density at radius 1 is 1.07 bits per heavy atom. The Labute approximate surface area is 167 Å². The predicted octanol–water partition coefficient (Wildman–Crippen LogP) is 4.77. The lowest BCUT2D eigenvalue weighted by Crippen LogP contribution is -2.22. The molecule has 0 saturated carbocycles. The minimum Gasteiger partial charge on any atom is -0.497 e. The number of anilines is 1. The van der Waals surface area contributed by atoms with Gasteiger partial charge in [-0.2, -0.15) is 0 Å². The quantitative estimate of drug-likeness (QED) is 0.607. The normalized spacial score (nSPS) is 16.5. The summed E-state index contributed by atoms with van der Waals surface area (Å²) < 4.78 is 11.7. The van der Waals surface area contributed by atoms with Crippen molar-refractivity contribution in [3.05, 3.63) is 52.3 Å². The highest BCUT2D eigenvalue weighted by Crippen LogP contribution is 2.33. The zero-order chi connectivity index (χ0) is 18.8. The summed E-state index contributed by atoms with van der Waals surface area (Å²) in [6.45, 7) is 0. The lowest BCUT2D eigenvalue weighted by atomic mass is 10.0. The lowest BCUT2D eigenvalue weighted by molar-refractivity contribution is 0.413. The monoisotopic (exact) mass is 427 g/mol. The topological polar surface area (TPSA) is 56.3 Å². The molecule has 1 aromatic heterocycles. The summed E-state index contributed by atoms with van der Waals surface area (Å²) in [6.07, 6.45) is 5.90. The van der Waals surface area contributed by atoms with Gasteiger partial charge in [-0.3, -0.25) is 0 Å². The SMILES string of the molecule is COc1ccc2c(c1)CC(Nc1ncnc3cc(Br)c(OC)cc13)CCC2. The third-order valence-electron chi connectivity index (χ3n) is 5.13. The molecule has 2 aromatic carbocycles. The lowest BCUT2D eigenvalue weighted by Gasteiger charge is -2.19. The van der Waals surface area contributed by atoms with E-state index in [2.05, 4.69) is 49.4 Å². The average molecular weight is 428 g/mol. The molecule has 1 N–H and O–H groups in total. The number of halogens is 1. The maximum absolute atomic E-state index is 5.45. The van der Waals surface area contributed by atoms with Gasteiger partial charge in [0.25, 0.3) is 0 Å². The van der Waals surface area contributed by atoms with Crippen molar-refractivity contribution in [1.82, 2.24) is 9.97 Å². The molecule has 0 saturated heterocycles. The summed E-state index contributed by atoms with van der Waals surface area (Å²) in [5, 5.41) is 4.62. The highest BCUT2D eigenvalue weighted by molar-refractivity contribution is 9.10. The van der Waals surface area contributed by atoms with Gasteiger partial charge in [0.2, 0.25) is 0 Å². The van der Waals surface area contributed by atoms with E-state index in [-0.39, 0.29) is 0 Å². The maximum atomic E-state index is 5.45. The predicted molar refractivity (Wildman–Crippen MR) is 111 cm³/mol. The fourth-order valence-corrected chi connectivity index (χ4v) is 4.21. The number of fused-ring (bicyclic) bond motifs is 2. The number of aryl methyl sites for hydroxylation is 1. The molecular formula is C21H22BrN3O2. The molecule has 1 aliphatic rings. The molecule has 0 fully saturated rings. The first-order chi connectivity index (χ1) is 13.2. The third-order valence-corrected chi connectivity index (χ3v) is 5.75. The van der Waals surface area contributed by atoms with Gasteiger partial charge >= 0.3 is 0 Å². The summed E-state index contributed by atoms with van der Waals surface area (Å²) in [5.41, 5.74) is 3.65. The fraction of sp³-hybridized carbons (Fsp3) is 0.333. The number of nitrogens with zero attached hydrogens (tertiary/aromatic N) is 2. The molecular weight excluding hydrogens is 406 g/mol. The summed E-state index contributed by atoms with van der Waals surface area (Å²) in [7, 11) is 3.38. The second-order valence-electron chi connectivity index (χ2n) is 6.80. The largest absolute Gasteiger partial charge is 0.497 e. The Morgan fingerprint density at radius 2 is 1.96 bits per heavy atom. The molecule has 0 bridgehead atoms. The molecule has 0 radical (unpaired) electrons. The van der Waals surface area contributed by atoms with E-state index in [0.29, 0.717) is 6.04 Å². The fourth-order valence-electron chi connectivity index (χ4n) is 3.72. The number of aromatic nitrogens is 2. The van der Waals surface area contributed by atoms with Crippen LogP contribution in [0.3, 0.4) is 0 Å². The van der Waals surface area contributed by atoms with Crippen LogP contribution >= 0.6 is 15.9 Å². The molecule has 140 valence electrons. The number of rotatable bonds is 4. The van der Waals surface area contributed by atoms with Crippen molar-refractivity contribution >= 4 is 32.7 Å². The van der Waals surface area contributed by atoms with E-state index in [1.165, 1.54) is 11.1 Å². The second kappa shape index (κ2) is 7.72. The van der Waals surface area contributed by atoms with Gasteiger partial charge in [0.15, 0.2) is 0 Å². The molecule has 1 aliphatic carbocycles. The first-order valence-electron chi connectivity index (χ1n) is 9.08. The molecule has 27 heavy (non-hydrogen) atoms. The van der Waals surface area contributed by atoms with Gasteiger partial charge in [0.05, 0.1) is 24.2 Å². The maximum Gasteiger partial charge on any atom is 0.137 e. The molecule has 6 heteroatoms. The van der Waals surface area contributed by atoms with Crippen LogP contribution < -0.4 is 14.8 Å². The summed E-state index contributed by atoms with van der Waals surface area (Å²) in [5.74, 6) is 2.54. The minimum absolute atomic E-state index is 0.311. The zero-order valence-corrected chi connectivity index (χ0v) is 17.0. The van der Waals surface area contributed by atoms with Crippen LogP contribution in [0.15, 0.2) is 41.1 Å². The van der Waals surface area contributed by atoms with E-state index in [0.717, 1.165) is 58.4 Å². The summed E-state index contributed by atoms with van der Waals surface area (Å²) >= 11 is 3.52. The van der Waals surface area contributed by atoms with E-state index in [1.807, 2.05) is 12.1 Å². The first kappa shape index (κ1) is 18.0. The van der Waals surface area contributed by atoms with Crippen molar-refractivity contribution in [2.75, 3.05) is 19.5 Å². The Bertz CT molecular complexity index is 977. The van der Waals surface area contributed by atoms with Gasteiger partial charge in [0, 0.05) is 11.4 Å². The Morgan fingerprint density at radius 3 is 2.78 bits per heavy atom. The molecule has 4 rings (SSSR count). The average Bonchev–Trinajstić information content (AvgIpc) is 2.88. The Balaban J connectivity index is 1.65. The Kier molecular flexibility index (Phi) is 5.16. The number of hydrogen-bond acceptors (Lipinski definition) is 5. The number of nitrogens with one attached hydrogen (secondary N) is 1. The van der Waals surface area contributed by atoms with Crippen molar-refractivity contribution in [3.63, 3.8) is 0 Å². The van der Waals surface area contributed by atoms with E-state index in [1.54, 1.807) is 20.5 Å². The van der Waals surface area contributed by atoms with Crippen LogP contribution in [0.2, 0.25) is 0 Å². The third kappa shape index (κ3) is 3.72. The molecule has 1 unspecified atom stereocenters. The van der Waals surface area contributed by atoms with Crippen LogP contribution in [0.1, 0.15) is 24.0 Å². The standard InChI is InChI=1S/C21H22BrN3O2/c1-26-16-7-6-13-4-3-5-15(8-14(13)9-16)25-21-17-10-20(27-2)18(22)11-19(17)23-12-24-21/h6-7,9-12,15H,3-5,8H2,1-2H3,(H,23,24,25). The van der Waals surface area contributed by atoms with E-state index >= 15 is 0 Å². The minimum atomic E-state index is 0.311. The number of ether oxygens (including phenoxy) is 2. The van der Waals surface area contributed by atoms with Crippen molar-refractivity contribution in [3.8, 4) is 11.5 Å². The van der Waals surface area contributed by atoms with E-state index < -0.39 is 0 Å². The molecule has 0 spiro atoms. The van der Waals surface area contributed by atoms with Crippen LogP contribution in [-0.2, 0) is 12.8 Å². The molecule has 5 nitrogen and oxygen atoms in total. The van der Waals surface area contributed by atoms with Gasteiger partial charge in [-0.05, 0) is 77.0 Å². The van der Waals surface area contributed by atoms with Crippen molar-refractivity contribution in [1.29, 1.82) is 0 Å². The molecule has 1 heterocycles. The van der Waals surface area contributed by atoms with Crippen LogP contribution in [0.4, 0.5) is 5.82 Å². The molecule has 1 atom stereocenters. The van der Waals surface area contributed by atoms with Crippen molar-refractivity contribution in [2.45, 2.75) is 31.7 Å². The van der Waals surface area contributed by atoms with Gasteiger partial charge in [0.1, 0.15) is 23.6 Å². The number of methoxy groups -OCH3 is 2. The number of hydrogen-bond donors (Lipinski definition) is 1. The van der Waals surface area contributed by atoms with Crippen molar-refractivity contribution < 1.29 is 9.47 Å². The zero-order valence-electron chi connectivity index (χ0n) is 15.5. The van der Waals surface area contributed by atoms with Gasteiger partial charge in [-0.1, -0.05) is 6.07 Å². The van der Waals surface area contributed by atoms with Crippen LogP contribution in [0.5, 0.6) is 11.5 Å². The van der Waals surface area contributed by atoms with Gasteiger partial charge in [-0.25, -0.2) is 9.97 Å². The van der Waals surface area contributed by atoms with Gasteiger partial charge < -0.3 is 14.8 Å². The molecule has 0 aliphatic heterocycles.